The summed E-state index contributed by atoms with van der Waals surface area (Å²) in [4.78, 5) is 27.3. The number of aliphatic hydroxyl groups is 9. The maximum atomic E-state index is 14.7. The minimum absolute atomic E-state index is 0.128. The SMILES string of the molecule is CC(=O)O[C@H]1[C@H](O[C@H]2CC[C@]3(C)[C@H]4CC=C5[C@@H]6[C@@H](C)[C@H](C)CC[C@]6(C(=O)O[C@@H]6O[C@H](CO)[C@@H](O)[C@H](O)[C@H]6O)CC[C@@]5(C)[C@]4(C)CC[C@H]3C2(C)C)OC[C@H](O)[C@@H]1O[C@@H]1O[C@H](CO)[C@@H](O)[C@H](O)[C@H]1O. The highest BCUT2D eigenvalue weighted by Gasteiger charge is 2.70. The number of ether oxygens (including phenoxy) is 7. The molecule has 0 amide bonds. The van der Waals surface area contributed by atoms with Gasteiger partial charge in [-0.1, -0.05) is 60.1 Å². The fraction of sp³-hybridized carbons (Fsp3) is 0.918. The van der Waals surface area contributed by atoms with Crippen molar-refractivity contribution in [3.8, 4) is 0 Å². The Bertz CT molecular complexity index is 1840. The van der Waals surface area contributed by atoms with E-state index in [1.165, 1.54) is 12.5 Å². The molecule has 0 aromatic heterocycles. The molecule has 0 radical (unpaired) electrons. The largest absolute Gasteiger partial charge is 0.454 e. The highest BCUT2D eigenvalue weighted by atomic mass is 16.7. The second kappa shape index (κ2) is 18.6. The van der Waals surface area contributed by atoms with Crippen LogP contribution in [0, 0.1) is 56.7 Å². The van der Waals surface area contributed by atoms with Crippen LogP contribution in [0.4, 0.5) is 0 Å². The Labute approximate surface area is 393 Å². The summed E-state index contributed by atoms with van der Waals surface area (Å²) >= 11 is 0. The van der Waals surface area contributed by atoms with Crippen LogP contribution in [0.5, 0.6) is 0 Å². The number of fused-ring (bicyclic) bond motifs is 7. The predicted molar refractivity (Wildman–Crippen MR) is 234 cm³/mol. The van der Waals surface area contributed by atoms with Gasteiger partial charge in [0.05, 0.1) is 31.3 Å². The number of hydrogen-bond acceptors (Lipinski definition) is 18. The first kappa shape index (κ1) is 51.5. The Morgan fingerprint density at radius 2 is 1.31 bits per heavy atom. The van der Waals surface area contributed by atoms with E-state index in [9.17, 15) is 55.5 Å². The summed E-state index contributed by atoms with van der Waals surface area (Å²) in [7, 11) is 0. The number of carbonyl (C=O) groups is 2. The van der Waals surface area contributed by atoms with Crippen molar-refractivity contribution in [1.29, 1.82) is 0 Å². The molecule has 3 saturated heterocycles. The Morgan fingerprint density at radius 1 is 0.687 bits per heavy atom. The van der Waals surface area contributed by atoms with Crippen molar-refractivity contribution in [2.45, 2.75) is 205 Å². The lowest BCUT2D eigenvalue weighted by molar-refractivity contribution is -0.357. The van der Waals surface area contributed by atoms with Gasteiger partial charge in [0.15, 0.2) is 18.7 Å². The number of carbonyl (C=O) groups excluding carboxylic acids is 2. The first-order valence-electron chi connectivity index (χ1n) is 24.7. The van der Waals surface area contributed by atoms with Gasteiger partial charge in [-0.2, -0.15) is 0 Å². The molecule has 0 aromatic carbocycles. The van der Waals surface area contributed by atoms with E-state index in [0.717, 1.165) is 38.5 Å². The maximum absolute atomic E-state index is 14.7. The second-order valence-corrected chi connectivity index (χ2v) is 23.0. The van der Waals surface area contributed by atoms with Crippen LogP contribution in [0.1, 0.15) is 113 Å². The Balaban J connectivity index is 1.03. The van der Waals surface area contributed by atoms with Crippen LogP contribution in [0.2, 0.25) is 0 Å². The third kappa shape index (κ3) is 8.16. The molecule has 0 spiro atoms. The fourth-order valence-electron chi connectivity index (χ4n) is 15.3. The lowest BCUT2D eigenvalue weighted by Gasteiger charge is -2.71. The Kier molecular flexibility index (Phi) is 14.3. The molecule has 4 saturated carbocycles. The van der Waals surface area contributed by atoms with Crippen LogP contribution < -0.4 is 0 Å². The fourth-order valence-corrected chi connectivity index (χ4v) is 15.3. The number of rotatable bonds is 9. The van der Waals surface area contributed by atoms with Crippen LogP contribution in [0.3, 0.4) is 0 Å². The smallest absolute Gasteiger partial charge is 0.315 e. The average Bonchev–Trinajstić information content (AvgIpc) is 3.27. The van der Waals surface area contributed by atoms with E-state index >= 15 is 0 Å². The zero-order chi connectivity index (χ0) is 48.9. The minimum Gasteiger partial charge on any atom is -0.454 e. The molecule has 8 rings (SSSR count). The number of hydrogen-bond donors (Lipinski definition) is 9. The summed E-state index contributed by atoms with van der Waals surface area (Å²) in [5, 5.41) is 94.1. The standard InChI is InChI=1S/C49H78O18/c1-22-11-16-49(44(60)67-42-38(59)36(57)34(55)28(20-51)64-42)18-17-47(7)25(32(49)23(22)2)9-10-30-46(6)14-13-31(45(4,5)29(46)12-15-48(30,47)8)65-43-40(62-24(3)52)39(26(53)21-61-43)66-41-37(58)35(56)33(54)27(19-50)63-41/h9,22-23,26-43,50-51,53-59H,10-21H2,1-8H3/t22-,23+,26+,27-,28-,29+,30-,31+,32+,33-,34-,35+,36+,37-,38-,39+,40-,41+,42+,43+,46+,47-,48-,49+/m1/s1. The molecule has 382 valence electrons. The van der Waals surface area contributed by atoms with Crippen LogP contribution in [0.25, 0.3) is 0 Å². The van der Waals surface area contributed by atoms with Gasteiger partial charge < -0.3 is 79.1 Å². The van der Waals surface area contributed by atoms with Crippen molar-refractivity contribution in [2.75, 3.05) is 19.8 Å². The molecule has 0 aromatic rings. The minimum atomic E-state index is -1.75. The van der Waals surface area contributed by atoms with Gasteiger partial charge in [-0.15, -0.1) is 0 Å². The summed E-state index contributed by atoms with van der Waals surface area (Å²) in [5.74, 6) is -0.354. The van der Waals surface area contributed by atoms with Gasteiger partial charge in [0.25, 0.3) is 0 Å². The van der Waals surface area contributed by atoms with Crippen molar-refractivity contribution in [2.24, 2.45) is 56.7 Å². The third-order valence-corrected chi connectivity index (χ3v) is 19.5. The van der Waals surface area contributed by atoms with Gasteiger partial charge in [0.1, 0.15) is 61.0 Å². The molecule has 24 atom stereocenters. The van der Waals surface area contributed by atoms with E-state index in [1.54, 1.807) is 0 Å². The van der Waals surface area contributed by atoms with Crippen molar-refractivity contribution in [3.05, 3.63) is 11.6 Å². The van der Waals surface area contributed by atoms with E-state index in [2.05, 4.69) is 54.5 Å². The molecule has 3 heterocycles. The van der Waals surface area contributed by atoms with Crippen LogP contribution >= 0.6 is 0 Å². The summed E-state index contributed by atoms with van der Waals surface area (Å²) in [6.45, 7) is 15.8. The van der Waals surface area contributed by atoms with E-state index in [0.29, 0.717) is 25.2 Å². The summed E-state index contributed by atoms with van der Waals surface area (Å²) in [6.07, 6.45) is -11.9. The van der Waals surface area contributed by atoms with Gasteiger partial charge in [-0.25, -0.2) is 0 Å². The lowest BCUT2D eigenvalue weighted by atomic mass is 9.33. The highest BCUT2D eigenvalue weighted by Crippen LogP contribution is 2.76. The zero-order valence-electron chi connectivity index (χ0n) is 40.3. The number of esters is 2. The second-order valence-electron chi connectivity index (χ2n) is 23.0. The van der Waals surface area contributed by atoms with Gasteiger partial charge in [-0.3, -0.25) is 9.59 Å². The molecule has 5 aliphatic carbocycles. The zero-order valence-corrected chi connectivity index (χ0v) is 40.3. The molecule has 7 fully saturated rings. The van der Waals surface area contributed by atoms with Crippen molar-refractivity contribution >= 4 is 11.9 Å². The molecule has 18 nitrogen and oxygen atoms in total. The topological polar surface area (TPSA) is 281 Å². The van der Waals surface area contributed by atoms with Gasteiger partial charge in [0, 0.05) is 6.92 Å². The molecular weight excluding hydrogens is 877 g/mol. The molecular formula is C49H78O18. The predicted octanol–water partition coefficient (Wildman–Crippen LogP) is 1.21. The van der Waals surface area contributed by atoms with Crippen LogP contribution in [-0.2, 0) is 42.7 Å². The molecule has 8 aliphatic rings. The van der Waals surface area contributed by atoms with E-state index < -0.39 is 122 Å². The number of allylic oxidation sites excluding steroid dienone is 2. The van der Waals surface area contributed by atoms with Gasteiger partial charge in [-0.05, 0) is 109 Å². The van der Waals surface area contributed by atoms with Crippen molar-refractivity contribution in [1.82, 2.24) is 0 Å². The average molecular weight is 955 g/mol. The highest BCUT2D eigenvalue weighted by molar-refractivity contribution is 5.79. The Morgan fingerprint density at radius 3 is 1.94 bits per heavy atom. The molecule has 18 heteroatoms. The van der Waals surface area contributed by atoms with Crippen LogP contribution in [0.15, 0.2) is 11.6 Å². The molecule has 9 N–H and O–H groups in total. The summed E-state index contributed by atoms with van der Waals surface area (Å²) in [5.41, 5.74) is -0.536. The van der Waals surface area contributed by atoms with Crippen molar-refractivity contribution < 1.29 is 88.7 Å². The van der Waals surface area contributed by atoms with Gasteiger partial charge in [0.2, 0.25) is 6.29 Å². The van der Waals surface area contributed by atoms with E-state index in [1.807, 2.05) is 0 Å². The van der Waals surface area contributed by atoms with E-state index in [-0.39, 0.29) is 52.6 Å². The first-order valence-corrected chi connectivity index (χ1v) is 24.7. The number of aliphatic hydroxyl groups excluding tert-OH is 9. The van der Waals surface area contributed by atoms with E-state index in [4.69, 9.17) is 33.2 Å². The van der Waals surface area contributed by atoms with Crippen molar-refractivity contribution in [3.63, 3.8) is 0 Å². The lowest BCUT2D eigenvalue weighted by Crippen LogP contribution is -2.66. The third-order valence-electron chi connectivity index (χ3n) is 19.5. The normalized spacial score (nSPS) is 52.9. The first-order chi connectivity index (χ1) is 31.4. The molecule has 3 aliphatic heterocycles. The monoisotopic (exact) mass is 955 g/mol. The summed E-state index contributed by atoms with van der Waals surface area (Å²) < 4.78 is 41.9. The maximum Gasteiger partial charge on any atom is 0.315 e. The molecule has 0 unspecified atom stereocenters. The van der Waals surface area contributed by atoms with Crippen LogP contribution in [-0.4, -0.2) is 170 Å². The summed E-state index contributed by atoms with van der Waals surface area (Å²) in [6, 6.07) is 0. The Hall–Kier alpha value is -1.88. The molecule has 0 bridgehead atoms. The van der Waals surface area contributed by atoms with Gasteiger partial charge >= 0.3 is 11.9 Å². The quantitative estimate of drug-likeness (QED) is 0.0892. The molecule has 67 heavy (non-hydrogen) atoms.